The summed E-state index contributed by atoms with van der Waals surface area (Å²) in [5.41, 5.74) is 0. The number of carbonyl (C=O) groups excluding carboxylic acids is 2. The smallest absolute Gasteiger partial charge is 0.226 e. The summed E-state index contributed by atoms with van der Waals surface area (Å²) in [5, 5.41) is 3.29. The maximum absolute atomic E-state index is 11.7. The Hall–Kier alpha value is -1.23. The minimum atomic E-state index is -0.0150. The molecule has 1 aromatic heterocycles. The van der Waals surface area contributed by atoms with Crippen molar-refractivity contribution < 1.29 is 9.59 Å². The van der Waals surface area contributed by atoms with E-state index in [2.05, 4.69) is 10.3 Å². The number of amides is 1. The summed E-state index contributed by atoms with van der Waals surface area (Å²) in [4.78, 5) is 27.4. The zero-order valence-electron chi connectivity index (χ0n) is 9.86. The van der Waals surface area contributed by atoms with Gasteiger partial charge >= 0.3 is 0 Å². The van der Waals surface area contributed by atoms with Crippen molar-refractivity contribution in [2.45, 2.75) is 39.0 Å². The first-order chi connectivity index (χ1) is 8.15. The minimum absolute atomic E-state index is 0.0150. The van der Waals surface area contributed by atoms with Crippen molar-refractivity contribution in [2.24, 2.45) is 5.92 Å². The molecular weight excluding hydrogens is 236 g/mol. The van der Waals surface area contributed by atoms with Crippen LogP contribution in [-0.4, -0.2) is 16.7 Å². The van der Waals surface area contributed by atoms with Crippen LogP contribution >= 0.6 is 11.3 Å². The van der Waals surface area contributed by atoms with E-state index in [1.165, 1.54) is 37.3 Å². The number of aromatic nitrogens is 1. The van der Waals surface area contributed by atoms with E-state index in [1.54, 1.807) is 0 Å². The van der Waals surface area contributed by atoms with Crippen molar-refractivity contribution >= 4 is 28.2 Å². The van der Waals surface area contributed by atoms with Gasteiger partial charge in [0, 0.05) is 13.3 Å². The maximum atomic E-state index is 11.7. The van der Waals surface area contributed by atoms with Crippen molar-refractivity contribution in [2.75, 3.05) is 5.32 Å². The summed E-state index contributed by atoms with van der Waals surface area (Å²) in [7, 11) is 0. The van der Waals surface area contributed by atoms with Crippen LogP contribution in [0.5, 0.6) is 0 Å². The quantitative estimate of drug-likeness (QED) is 0.838. The lowest BCUT2D eigenvalue weighted by Gasteiger charge is -2.07. The summed E-state index contributed by atoms with van der Waals surface area (Å²) in [6.45, 7) is 1.50. The van der Waals surface area contributed by atoms with Crippen LogP contribution in [0, 0.1) is 5.92 Å². The Bertz CT molecular complexity index is 422. The van der Waals surface area contributed by atoms with Gasteiger partial charge in [0.25, 0.3) is 0 Å². The van der Waals surface area contributed by atoms with Crippen LogP contribution in [0.3, 0.4) is 0 Å². The molecule has 0 unspecified atom stereocenters. The molecule has 4 nitrogen and oxygen atoms in total. The fourth-order valence-electron chi connectivity index (χ4n) is 2.14. The number of carbonyl (C=O) groups is 2. The third-order valence-electron chi connectivity index (χ3n) is 3.05. The average molecular weight is 252 g/mol. The van der Waals surface area contributed by atoms with Gasteiger partial charge < -0.3 is 5.32 Å². The second kappa shape index (κ2) is 5.40. The monoisotopic (exact) mass is 252 g/mol. The lowest BCUT2D eigenvalue weighted by Crippen LogP contribution is -2.14. The third kappa shape index (κ3) is 3.36. The molecule has 1 aliphatic rings. The third-order valence-corrected chi connectivity index (χ3v) is 4.06. The fourth-order valence-corrected chi connectivity index (χ4v) is 2.87. The standard InChI is InChI=1S/C12H16N2O2S/c1-8(15)10-7-13-12(17-10)14-11(16)6-9-4-2-3-5-9/h7,9H,2-6H2,1H3,(H,13,14,16). The van der Waals surface area contributed by atoms with E-state index in [-0.39, 0.29) is 11.7 Å². The van der Waals surface area contributed by atoms with Crippen molar-refractivity contribution in [1.82, 2.24) is 4.98 Å². The van der Waals surface area contributed by atoms with Crippen LogP contribution in [0.2, 0.25) is 0 Å². The first-order valence-corrected chi connectivity index (χ1v) is 6.73. The number of nitrogens with zero attached hydrogens (tertiary/aromatic N) is 1. The molecule has 0 spiro atoms. The molecule has 0 aromatic carbocycles. The van der Waals surface area contributed by atoms with Crippen molar-refractivity contribution in [3.63, 3.8) is 0 Å². The minimum Gasteiger partial charge on any atom is -0.302 e. The largest absolute Gasteiger partial charge is 0.302 e. The SMILES string of the molecule is CC(=O)c1cnc(NC(=O)CC2CCCC2)s1. The van der Waals surface area contributed by atoms with Crippen molar-refractivity contribution in [1.29, 1.82) is 0 Å². The maximum Gasteiger partial charge on any atom is 0.226 e. The predicted octanol–water partition coefficient (Wildman–Crippen LogP) is 2.86. The van der Waals surface area contributed by atoms with Gasteiger partial charge in [-0.05, 0) is 18.8 Å². The number of Topliss-reactive ketones (excluding diaryl/α,β-unsaturated/α-hetero) is 1. The lowest BCUT2D eigenvalue weighted by atomic mass is 10.0. The van der Waals surface area contributed by atoms with Crippen LogP contribution in [0.15, 0.2) is 6.20 Å². The summed E-state index contributed by atoms with van der Waals surface area (Å²) < 4.78 is 0. The predicted molar refractivity (Wildman–Crippen MR) is 67.3 cm³/mol. The molecule has 1 heterocycles. The number of anilines is 1. The van der Waals surface area contributed by atoms with Crippen molar-refractivity contribution in [3.8, 4) is 0 Å². The van der Waals surface area contributed by atoms with Gasteiger partial charge in [-0.15, -0.1) is 0 Å². The van der Waals surface area contributed by atoms with Crippen LogP contribution < -0.4 is 5.32 Å². The fraction of sp³-hybridized carbons (Fsp3) is 0.583. The Balaban J connectivity index is 1.86. The number of ketones is 1. The second-order valence-corrected chi connectivity index (χ2v) is 5.52. The van der Waals surface area contributed by atoms with E-state index in [0.717, 1.165) is 12.8 Å². The molecule has 1 aromatic rings. The Morgan fingerprint density at radius 2 is 2.18 bits per heavy atom. The van der Waals surface area contributed by atoms with Crippen molar-refractivity contribution in [3.05, 3.63) is 11.1 Å². The Morgan fingerprint density at radius 1 is 1.47 bits per heavy atom. The second-order valence-electron chi connectivity index (χ2n) is 4.49. The Labute approximate surface area is 104 Å². The normalized spacial score (nSPS) is 16.1. The molecule has 1 amide bonds. The number of hydrogen-bond donors (Lipinski definition) is 1. The van der Waals surface area contributed by atoms with Gasteiger partial charge in [0.1, 0.15) is 0 Å². The average Bonchev–Trinajstić information content (AvgIpc) is 2.88. The van der Waals surface area contributed by atoms with Gasteiger partial charge in [-0.25, -0.2) is 4.98 Å². The lowest BCUT2D eigenvalue weighted by molar-refractivity contribution is -0.117. The first-order valence-electron chi connectivity index (χ1n) is 5.92. The van der Waals surface area contributed by atoms with E-state index in [9.17, 15) is 9.59 Å². The van der Waals surface area contributed by atoms with Gasteiger partial charge in [0.2, 0.25) is 5.91 Å². The molecule has 1 saturated carbocycles. The topological polar surface area (TPSA) is 59.1 Å². The van der Waals surface area contributed by atoms with Crippen LogP contribution in [0.1, 0.15) is 48.7 Å². The number of thiazole rings is 1. The zero-order valence-corrected chi connectivity index (χ0v) is 10.7. The van der Waals surface area contributed by atoms with Gasteiger partial charge in [-0.2, -0.15) is 0 Å². The summed E-state index contributed by atoms with van der Waals surface area (Å²) in [6, 6.07) is 0. The molecule has 17 heavy (non-hydrogen) atoms. The van der Waals surface area contributed by atoms with Gasteiger partial charge in [0.05, 0.1) is 11.1 Å². The van der Waals surface area contributed by atoms with E-state index >= 15 is 0 Å². The molecule has 0 atom stereocenters. The molecule has 1 aliphatic carbocycles. The zero-order chi connectivity index (χ0) is 12.3. The molecule has 0 bridgehead atoms. The molecule has 1 N–H and O–H groups in total. The Morgan fingerprint density at radius 3 is 2.76 bits per heavy atom. The van der Waals surface area contributed by atoms with E-state index in [0.29, 0.717) is 22.3 Å². The molecule has 1 fully saturated rings. The molecule has 0 aliphatic heterocycles. The highest BCUT2D eigenvalue weighted by Crippen LogP contribution is 2.28. The highest BCUT2D eigenvalue weighted by Gasteiger charge is 2.19. The Kier molecular flexibility index (Phi) is 3.89. The van der Waals surface area contributed by atoms with Gasteiger partial charge in [-0.3, -0.25) is 9.59 Å². The van der Waals surface area contributed by atoms with Gasteiger partial charge in [0.15, 0.2) is 10.9 Å². The van der Waals surface area contributed by atoms with E-state index < -0.39 is 0 Å². The number of hydrogen-bond acceptors (Lipinski definition) is 4. The number of nitrogens with one attached hydrogen (secondary N) is 1. The summed E-state index contributed by atoms with van der Waals surface area (Å²) in [6.07, 6.45) is 6.88. The first kappa shape index (κ1) is 12.2. The number of rotatable bonds is 4. The molecule has 2 rings (SSSR count). The highest BCUT2D eigenvalue weighted by atomic mass is 32.1. The van der Waals surface area contributed by atoms with Crippen LogP contribution in [0.4, 0.5) is 5.13 Å². The summed E-state index contributed by atoms with van der Waals surface area (Å²) >= 11 is 1.23. The van der Waals surface area contributed by atoms with Gasteiger partial charge in [-0.1, -0.05) is 24.2 Å². The molecule has 5 heteroatoms. The van der Waals surface area contributed by atoms with E-state index in [1.807, 2.05) is 0 Å². The molecule has 0 radical (unpaired) electrons. The van der Waals surface area contributed by atoms with Crippen LogP contribution in [-0.2, 0) is 4.79 Å². The molecule has 0 saturated heterocycles. The highest BCUT2D eigenvalue weighted by molar-refractivity contribution is 7.17. The molecule has 92 valence electrons. The molecular formula is C12H16N2O2S. The summed E-state index contributed by atoms with van der Waals surface area (Å²) in [5.74, 6) is 0.530. The van der Waals surface area contributed by atoms with Crippen LogP contribution in [0.25, 0.3) is 0 Å². The van der Waals surface area contributed by atoms with E-state index in [4.69, 9.17) is 0 Å².